The second-order valence-corrected chi connectivity index (χ2v) is 4.20. The first-order chi connectivity index (χ1) is 8.11. The van der Waals surface area contributed by atoms with Gasteiger partial charge in [0.2, 0.25) is 5.91 Å². The van der Waals surface area contributed by atoms with Crippen LogP contribution < -0.4 is 5.32 Å². The highest BCUT2D eigenvalue weighted by Gasteiger charge is 2.28. The van der Waals surface area contributed by atoms with Crippen molar-refractivity contribution in [3.8, 4) is 0 Å². The largest absolute Gasteiger partial charge is 0.480 e. The van der Waals surface area contributed by atoms with Crippen LogP contribution in [0.1, 0.15) is 20.3 Å². The van der Waals surface area contributed by atoms with Crippen molar-refractivity contribution in [3.63, 3.8) is 0 Å². The number of hydrogen-bond donors (Lipinski definition) is 2. The maximum atomic E-state index is 11.7. The van der Waals surface area contributed by atoms with E-state index in [0.29, 0.717) is 0 Å². The Morgan fingerprint density at radius 3 is 2.28 bits per heavy atom. The van der Waals surface area contributed by atoms with Gasteiger partial charge in [-0.25, -0.2) is 4.79 Å². The molecule has 0 aromatic heterocycles. The molecule has 0 heterocycles. The monoisotopic (exact) mass is 271 g/mol. The number of alkyl halides is 3. The van der Waals surface area contributed by atoms with Crippen LogP contribution in [0.5, 0.6) is 0 Å². The number of aliphatic carboxylic acids is 1. The van der Waals surface area contributed by atoms with Crippen molar-refractivity contribution in [1.29, 1.82) is 0 Å². The van der Waals surface area contributed by atoms with Crippen molar-refractivity contribution >= 4 is 11.9 Å². The molecule has 2 N–H and O–H groups in total. The summed E-state index contributed by atoms with van der Waals surface area (Å²) in [7, 11) is 0. The van der Waals surface area contributed by atoms with E-state index >= 15 is 0 Å². The van der Waals surface area contributed by atoms with E-state index in [9.17, 15) is 22.8 Å². The van der Waals surface area contributed by atoms with Crippen molar-refractivity contribution < 1.29 is 32.6 Å². The summed E-state index contributed by atoms with van der Waals surface area (Å²) in [5.74, 6) is -2.08. The Bertz CT molecular complexity index is 291. The van der Waals surface area contributed by atoms with Crippen molar-refractivity contribution in [2.24, 2.45) is 5.92 Å². The lowest BCUT2D eigenvalue weighted by molar-refractivity contribution is -0.176. The molecule has 18 heavy (non-hydrogen) atoms. The van der Waals surface area contributed by atoms with E-state index in [1.165, 1.54) is 0 Å². The number of carbonyl (C=O) groups excluding carboxylic acids is 1. The van der Waals surface area contributed by atoms with Crippen LogP contribution >= 0.6 is 0 Å². The first-order valence-electron chi connectivity index (χ1n) is 5.28. The molecule has 0 saturated carbocycles. The number of carboxylic acid groups (broad SMARTS) is 1. The number of carboxylic acids is 1. The van der Waals surface area contributed by atoms with Crippen LogP contribution in [0.2, 0.25) is 0 Å². The standard InChI is InChI=1S/C10H16F3NO4/c1-6(2)3-7(9(16)17)14-8(15)4-18-5-10(11,12)13/h6-7H,3-5H2,1-2H3,(H,14,15)(H,16,17)/t7-/m1/s1. The van der Waals surface area contributed by atoms with E-state index in [4.69, 9.17) is 5.11 Å². The molecule has 0 aromatic carbocycles. The lowest BCUT2D eigenvalue weighted by Crippen LogP contribution is -2.43. The van der Waals surface area contributed by atoms with Crippen molar-refractivity contribution in [2.45, 2.75) is 32.5 Å². The number of nitrogens with one attached hydrogen (secondary N) is 1. The van der Waals surface area contributed by atoms with Crippen LogP contribution in [0.3, 0.4) is 0 Å². The minimum absolute atomic E-state index is 0.0301. The minimum Gasteiger partial charge on any atom is -0.480 e. The van der Waals surface area contributed by atoms with E-state index < -0.39 is 37.3 Å². The molecule has 0 bridgehead atoms. The summed E-state index contributed by atoms with van der Waals surface area (Å²) in [6.45, 7) is 1.17. The first-order valence-corrected chi connectivity index (χ1v) is 5.28. The Hall–Kier alpha value is -1.31. The van der Waals surface area contributed by atoms with Gasteiger partial charge >= 0.3 is 12.1 Å². The number of halogens is 3. The van der Waals surface area contributed by atoms with Crippen LogP contribution in [-0.2, 0) is 14.3 Å². The molecule has 0 rings (SSSR count). The Balaban J connectivity index is 4.07. The van der Waals surface area contributed by atoms with Crippen molar-refractivity contribution in [3.05, 3.63) is 0 Å². The van der Waals surface area contributed by atoms with E-state index in [2.05, 4.69) is 10.1 Å². The van der Waals surface area contributed by atoms with Gasteiger partial charge in [0.05, 0.1) is 0 Å². The zero-order chi connectivity index (χ0) is 14.3. The minimum atomic E-state index is -4.51. The molecule has 0 aliphatic rings. The normalized spacial score (nSPS) is 13.4. The Kier molecular flexibility index (Phi) is 6.67. The molecule has 5 nitrogen and oxygen atoms in total. The molecular weight excluding hydrogens is 255 g/mol. The summed E-state index contributed by atoms with van der Waals surface area (Å²) in [6.07, 6.45) is -4.31. The van der Waals surface area contributed by atoms with E-state index in [-0.39, 0.29) is 12.3 Å². The summed E-state index contributed by atoms with van der Waals surface area (Å²) in [5.41, 5.74) is 0. The van der Waals surface area contributed by atoms with Gasteiger partial charge in [-0.1, -0.05) is 13.8 Å². The van der Waals surface area contributed by atoms with Crippen LogP contribution in [0.4, 0.5) is 13.2 Å². The van der Waals surface area contributed by atoms with Gasteiger partial charge in [-0.3, -0.25) is 4.79 Å². The lowest BCUT2D eigenvalue weighted by atomic mass is 10.0. The van der Waals surface area contributed by atoms with Crippen molar-refractivity contribution in [1.82, 2.24) is 5.32 Å². The molecule has 0 saturated heterocycles. The number of amides is 1. The SMILES string of the molecule is CC(C)C[C@@H](NC(=O)COCC(F)(F)F)C(=O)O. The quantitative estimate of drug-likeness (QED) is 0.729. The van der Waals surface area contributed by atoms with Gasteiger partial charge < -0.3 is 15.2 Å². The summed E-state index contributed by atoms with van der Waals surface area (Å²) in [6, 6.07) is -1.12. The molecular formula is C10H16F3NO4. The summed E-state index contributed by atoms with van der Waals surface area (Å²) in [5, 5.41) is 10.9. The molecule has 0 unspecified atom stereocenters. The highest BCUT2D eigenvalue weighted by atomic mass is 19.4. The van der Waals surface area contributed by atoms with E-state index in [0.717, 1.165) is 0 Å². The third kappa shape index (κ3) is 8.80. The molecule has 0 aromatic rings. The second-order valence-electron chi connectivity index (χ2n) is 4.20. The molecule has 0 aliphatic carbocycles. The van der Waals surface area contributed by atoms with Gasteiger partial charge in [-0.15, -0.1) is 0 Å². The predicted molar refractivity (Wildman–Crippen MR) is 55.9 cm³/mol. The zero-order valence-electron chi connectivity index (χ0n) is 10.1. The Morgan fingerprint density at radius 2 is 1.89 bits per heavy atom. The third-order valence-corrected chi connectivity index (χ3v) is 1.84. The predicted octanol–water partition coefficient (Wildman–Crippen LogP) is 1.18. The fraction of sp³-hybridized carbons (Fsp3) is 0.800. The first kappa shape index (κ1) is 16.7. The number of carbonyl (C=O) groups is 2. The molecule has 1 amide bonds. The number of ether oxygens (including phenoxy) is 1. The van der Waals surface area contributed by atoms with Crippen LogP contribution in [-0.4, -0.2) is 42.4 Å². The molecule has 8 heteroatoms. The summed E-state index contributed by atoms with van der Waals surface area (Å²) < 4.78 is 39.3. The van der Waals surface area contributed by atoms with Gasteiger partial charge in [0, 0.05) is 0 Å². The van der Waals surface area contributed by atoms with E-state index in [1.54, 1.807) is 13.8 Å². The highest BCUT2D eigenvalue weighted by Crippen LogP contribution is 2.14. The lowest BCUT2D eigenvalue weighted by Gasteiger charge is -2.16. The average Bonchev–Trinajstić information content (AvgIpc) is 2.13. The van der Waals surface area contributed by atoms with Gasteiger partial charge in [0.15, 0.2) is 0 Å². The van der Waals surface area contributed by atoms with Gasteiger partial charge in [-0.2, -0.15) is 13.2 Å². The number of rotatable bonds is 7. The van der Waals surface area contributed by atoms with Gasteiger partial charge in [0.1, 0.15) is 19.3 Å². The maximum Gasteiger partial charge on any atom is 0.411 e. The van der Waals surface area contributed by atoms with Crippen molar-refractivity contribution in [2.75, 3.05) is 13.2 Å². The topological polar surface area (TPSA) is 75.6 Å². The second kappa shape index (κ2) is 7.20. The summed E-state index contributed by atoms with van der Waals surface area (Å²) in [4.78, 5) is 21.9. The van der Waals surface area contributed by atoms with Gasteiger partial charge in [-0.05, 0) is 12.3 Å². The molecule has 0 radical (unpaired) electrons. The fourth-order valence-corrected chi connectivity index (χ4v) is 1.19. The molecule has 0 spiro atoms. The smallest absolute Gasteiger partial charge is 0.411 e. The number of hydrogen-bond acceptors (Lipinski definition) is 3. The summed E-state index contributed by atoms with van der Waals surface area (Å²) >= 11 is 0. The highest BCUT2D eigenvalue weighted by molar-refractivity contribution is 5.84. The molecule has 0 fully saturated rings. The Labute approximate surface area is 102 Å². The molecule has 1 atom stereocenters. The van der Waals surface area contributed by atoms with Crippen LogP contribution in [0, 0.1) is 5.92 Å². The van der Waals surface area contributed by atoms with Crippen LogP contribution in [0.15, 0.2) is 0 Å². The maximum absolute atomic E-state index is 11.7. The fourth-order valence-electron chi connectivity index (χ4n) is 1.19. The van der Waals surface area contributed by atoms with Gasteiger partial charge in [0.25, 0.3) is 0 Å². The Morgan fingerprint density at radius 1 is 1.33 bits per heavy atom. The molecule has 0 aliphatic heterocycles. The van der Waals surface area contributed by atoms with E-state index in [1.807, 2.05) is 0 Å². The van der Waals surface area contributed by atoms with Crippen LogP contribution in [0.25, 0.3) is 0 Å². The third-order valence-electron chi connectivity index (χ3n) is 1.84. The average molecular weight is 271 g/mol. The molecule has 106 valence electrons. The zero-order valence-corrected chi connectivity index (χ0v) is 10.1.